The second-order valence-electron chi connectivity index (χ2n) is 7.70. The predicted octanol–water partition coefficient (Wildman–Crippen LogP) is 3.54. The molecule has 1 aliphatic rings. The molecule has 5 nitrogen and oxygen atoms in total. The molecule has 1 heterocycles. The van der Waals surface area contributed by atoms with Crippen molar-refractivity contribution in [1.29, 1.82) is 0 Å². The first-order chi connectivity index (χ1) is 13.8. The van der Waals surface area contributed by atoms with Crippen LogP contribution in [-0.4, -0.2) is 53.8 Å². The highest BCUT2D eigenvalue weighted by molar-refractivity contribution is 6.46. The van der Waals surface area contributed by atoms with Crippen molar-refractivity contribution in [1.82, 2.24) is 9.80 Å². The third kappa shape index (κ3) is 4.10. The minimum Gasteiger partial charge on any atom is -0.507 e. The van der Waals surface area contributed by atoms with Gasteiger partial charge in [-0.15, -0.1) is 0 Å². The van der Waals surface area contributed by atoms with Crippen molar-refractivity contribution >= 4 is 17.4 Å². The van der Waals surface area contributed by atoms with Crippen LogP contribution in [-0.2, 0) is 16.0 Å². The molecule has 3 rings (SSSR count). The van der Waals surface area contributed by atoms with Gasteiger partial charge in [0.05, 0.1) is 11.6 Å². The maximum absolute atomic E-state index is 13.0. The van der Waals surface area contributed by atoms with Crippen LogP contribution in [0.25, 0.3) is 5.76 Å². The molecule has 1 N–H and O–H groups in total. The average Bonchev–Trinajstić information content (AvgIpc) is 2.96. The summed E-state index contributed by atoms with van der Waals surface area (Å²) in [5.41, 5.74) is 3.68. The third-order valence-electron chi connectivity index (χ3n) is 5.45. The van der Waals surface area contributed by atoms with Crippen LogP contribution < -0.4 is 0 Å². The van der Waals surface area contributed by atoms with Crippen LogP contribution in [0.5, 0.6) is 0 Å². The molecule has 2 aromatic rings. The molecule has 1 fully saturated rings. The summed E-state index contributed by atoms with van der Waals surface area (Å²) in [5, 5.41) is 11.1. The summed E-state index contributed by atoms with van der Waals surface area (Å²) in [4.78, 5) is 29.4. The highest BCUT2D eigenvalue weighted by atomic mass is 16.3. The monoisotopic (exact) mass is 392 g/mol. The highest BCUT2D eigenvalue weighted by Crippen LogP contribution is 2.40. The summed E-state index contributed by atoms with van der Waals surface area (Å²) in [7, 11) is 3.85. The van der Waals surface area contributed by atoms with Crippen LogP contribution >= 0.6 is 0 Å². The third-order valence-corrected chi connectivity index (χ3v) is 5.45. The molecule has 0 aromatic heterocycles. The number of rotatable bonds is 6. The summed E-state index contributed by atoms with van der Waals surface area (Å²) in [6.07, 6.45) is 0.888. The average molecular weight is 392 g/mol. The van der Waals surface area contributed by atoms with E-state index in [9.17, 15) is 14.7 Å². The quantitative estimate of drug-likeness (QED) is 0.464. The first kappa shape index (κ1) is 20.8. The van der Waals surface area contributed by atoms with Gasteiger partial charge >= 0.3 is 0 Å². The molecule has 5 heteroatoms. The van der Waals surface area contributed by atoms with Crippen molar-refractivity contribution in [2.75, 3.05) is 27.2 Å². The van der Waals surface area contributed by atoms with Gasteiger partial charge in [0.25, 0.3) is 11.7 Å². The second kappa shape index (κ2) is 8.62. The Kier molecular flexibility index (Phi) is 6.18. The Hall–Kier alpha value is -2.92. The Morgan fingerprint density at radius 3 is 2.31 bits per heavy atom. The Bertz CT molecular complexity index is 945. The lowest BCUT2D eigenvalue weighted by Gasteiger charge is -2.27. The molecule has 0 saturated carbocycles. The number of carbonyl (C=O) groups is 2. The number of ketones is 1. The van der Waals surface area contributed by atoms with E-state index in [4.69, 9.17) is 0 Å². The smallest absolute Gasteiger partial charge is 0.295 e. The first-order valence-electron chi connectivity index (χ1n) is 9.93. The van der Waals surface area contributed by atoms with E-state index in [1.165, 1.54) is 0 Å². The molecule has 152 valence electrons. The minimum absolute atomic E-state index is 0.119. The zero-order valence-corrected chi connectivity index (χ0v) is 17.5. The summed E-state index contributed by atoms with van der Waals surface area (Å²) >= 11 is 0. The number of likely N-dealkylation sites (tertiary alicyclic amines) is 1. The molecule has 1 amide bonds. The molecule has 1 atom stereocenters. The number of hydrogen-bond donors (Lipinski definition) is 1. The molecular formula is C24H28N2O3. The summed E-state index contributed by atoms with van der Waals surface area (Å²) in [6, 6.07) is 14.6. The predicted molar refractivity (Wildman–Crippen MR) is 115 cm³/mol. The summed E-state index contributed by atoms with van der Waals surface area (Å²) in [6.45, 7) is 5.05. The topological polar surface area (TPSA) is 60.9 Å². The minimum atomic E-state index is -0.630. The van der Waals surface area contributed by atoms with Gasteiger partial charge in [-0.1, -0.05) is 55.5 Å². The summed E-state index contributed by atoms with van der Waals surface area (Å²) in [5.74, 6) is -1.31. The van der Waals surface area contributed by atoms with Gasteiger partial charge in [-0.3, -0.25) is 9.59 Å². The number of carbonyl (C=O) groups excluding carboxylic acids is 2. The Morgan fingerprint density at radius 1 is 1.07 bits per heavy atom. The van der Waals surface area contributed by atoms with E-state index in [1.54, 1.807) is 17.0 Å². The normalized spacial score (nSPS) is 18.7. The van der Waals surface area contributed by atoms with Crippen molar-refractivity contribution in [3.05, 3.63) is 76.4 Å². The van der Waals surface area contributed by atoms with E-state index in [-0.39, 0.29) is 11.3 Å². The zero-order chi connectivity index (χ0) is 21.1. The van der Waals surface area contributed by atoms with E-state index < -0.39 is 17.7 Å². The van der Waals surface area contributed by atoms with Crippen molar-refractivity contribution in [3.8, 4) is 0 Å². The van der Waals surface area contributed by atoms with Crippen molar-refractivity contribution in [2.45, 2.75) is 26.3 Å². The lowest BCUT2D eigenvalue weighted by Crippen LogP contribution is -2.35. The van der Waals surface area contributed by atoms with Crippen LogP contribution in [0.4, 0.5) is 0 Å². The van der Waals surface area contributed by atoms with Gasteiger partial charge < -0.3 is 14.9 Å². The molecule has 0 aliphatic carbocycles. The fraction of sp³-hybridized carbons (Fsp3) is 0.333. The molecular weight excluding hydrogens is 364 g/mol. The van der Waals surface area contributed by atoms with Crippen LogP contribution in [0.15, 0.2) is 54.1 Å². The van der Waals surface area contributed by atoms with Gasteiger partial charge in [0.1, 0.15) is 5.76 Å². The molecule has 1 unspecified atom stereocenters. The number of likely N-dealkylation sites (N-methyl/N-ethyl adjacent to an activating group) is 1. The van der Waals surface area contributed by atoms with Crippen molar-refractivity contribution in [3.63, 3.8) is 0 Å². The fourth-order valence-corrected chi connectivity index (χ4v) is 3.69. The van der Waals surface area contributed by atoms with Crippen LogP contribution in [0.2, 0.25) is 0 Å². The lowest BCUT2D eigenvalue weighted by atomic mass is 9.92. The van der Waals surface area contributed by atoms with Gasteiger partial charge in [-0.25, -0.2) is 0 Å². The van der Waals surface area contributed by atoms with Crippen LogP contribution in [0.1, 0.15) is 35.2 Å². The number of Topliss-reactive ketones (excluding diaryl/α,β-unsaturated/α-hetero) is 1. The second-order valence-corrected chi connectivity index (χ2v) is 7.70. The van der Waals surface area contributed by atoms with Crippen LogP contribution in [0.3, 0.4) is 0 Å². The molecule has 1 aliphatic heterocycles. The number of nitrogens with zero attached hydrogens (tertiary/aromatic N) is 2. The zero-order valence-electron chi connectivity index (χ0n) is 17.5. The maximum Gasteiger partial charge on any atom is 0.295 e. The van der Waals surface area contributed by atoms with E-state index in [0.29, 0.717) is 18.7 Å². The summed E-state index contributed by atoms with van der Waals surface area (Å²) < 4.78 is 0. The fourth-order valence-electron chi connectivity index (χ4n) is 3.69. The van der Waals surface area contributed by atoms with Crippen molar-refractivity contribution < 1.29 is 14.7 Å². The molecule has 2 aromatic carbocycles. The number of aryl methyl sites for hydroxylation is 2. The van der Waals surface area contributed by atoms with Gasteiger partial charge in [0.15, 0.2) is 0 Å². The highest BCUT2D eigenvalue weighted by Gasteiger charge is 2.46. The first-order valence-corrected chi connectivity index (χ1v) is 9.93. The number of aliphatic hydroxyl groups excluding tert-OH is 1. The Labute approximate surface area is 172 Å². The van der Waals surface area contributed by atoms with E-state index in [1.807, 2.05) is 62.3 Å². The van der Waals surface area contributed by atoms with E-state index in [0.717, 1.165) is 23.1 Å². The number of aliphatic hydroxyl groups is 1. The van der Waals surface area contributed by atoms with Crippen LogP contribution in [0, 0.1) is 6.92 Å². The van der Waals surface area contributed by atoms with E-state index >= 15 is 0 Å². The Balaban J connectivity index is 2.14. The molecule has 1 saturated heterocycles. The molecule has 0 spiro atoms. The molecule has 0 radical (unpaired) electrons. The number of amides is 1. The standard InChI is InChI=1S/C24H28N2O3/c1-5-17-10-12-18(13-11-17)22(27)20-21(19-9-7-6-8-16(19)2)26(15-14-25(3)4)24(29)23(20)28/h6-13,21,27H,5,14-15H2,1-4H3/b22-20-. The van der Waals surface area contributed by atoms with E-state index in [2.05, 4.69) is 6.92 Å². The Morgan fingerprint density at radius 2 is 1.72 bits per heavy atom. The maximum atomic E-state index is 13.0. The largest absolute Gasteiger partial charge is 0.507 e. The SMILES string of the molecule is CCc1ccc(/C(O)=C2/C(=O)C(=O)N(CCN(C)C)C2c2ccccc2C)cc1. The number of hydrogen-bond acceptors (Lipinski definition) is 4. The lowest BCUT2D eigenvalue weighted by molar-refractivity contribution is -0.140. The van der Waals surface area contributed by atoms with Crippen molar-refractivity contribution in [2.24, 2.45) is 0 Å². The van der Waals surface area contributed by atoms with Gasteiger partial charge in [0, 0.05) is 18.7 Å². The van der Waals surface area contributed by atoms with Gasteiger partial charge in [-0.2, -0.15) is 0 Å². The van der Waals surface area contributed by atoms with Gasteiger partial charge in [-0.05, 0) is 44.1 Å². The number of benzene rings is 2. The molecule has 29 heavy (non-hydrogen) atoms. The van der Waals surface area contributed by atoms with Gasteiger partial charge in [0.2, 0.25) is 0 Å². The molecule has 0 bridgehead atoms.